The van der Waals surface area contributed by atoms with Crippen molar-refractivity contribution >= 4 is 35.5 Å². The number of unbranched alkanes of at least 4 members (excludes halogenated alkanes) is 1. The van der Waals surface area contributed by atoms with Gasteiger partial charge in [0, 0.05) is 30.3 Å². The van der Waals surface area contributed by atoms with Crippen LogP contribution in [0.2, 0.25) is 0 Å². The largest absolute Gasteiger partial charge is 0.462 e. The Hall–Kier alpha value is -4.36. The molecule has 7 heteroatoms. The molecule has 238 valence electrons. The van der Waals surface area contributed by atoms with Gasteiger partial charge in [0.1, 0.15) is 5.82 Å². The lowest BCUT2D eigenvalue weighted by atomic mass is 9.98. The second kappa shape index (κ2) is 15.8. The van der Waals surface area contributed by atoms with Crippen molar-refractivity contribution in [3.63, 3.8) is 0 Å². The van der Waals surface area contributed by atoms with Crippen LogP contribution in [0.15, 0.2) is 91.0 Å². The number of ether oxygens (including phenoxy) is 1. The first-order chi connectivity index (χ1) is 22.4. The third-order valence-electron chi connectivity index (χ3n) is 8.22. The normalized spacial score (nSPS) is 11.8. The maximum atomic E-state index is 13.5. The Morgan fingerprint density at radius 3 is 2.37 bits per heavy atom. The van der Waals surface area contributed by atoms with E-state index < -0.39 is 0 Å². The van der Waals surface area contributed by atoms with Gasteiger partial charge in [-0.2, -0.15) is 12.6 Å². The zero-order valence-electron chi connectivity index (χ0n) is 27.0. The predicted molar refractivity (Wildman–Crippen MR) is 190 cm³/mol. The van der Waals surface area contributed by atoms with Gasteiger partial charge in [-0.1, -0.05) is 93.1 Å². The molecule has 1 heterocycles. The van der Waals surface area contributed by atoms with Gasteiger partial charge in [-0.15, -0.1) is 0 Å². The predicted octanol–water partition coefficient (Wildman–Crippen LogP) is 8.24. The first-order valence-electron chi connectivity index (χ1n) is 16.2. The van der Waals surface area contributed by atoms with Crippen LogP contribution >= 0.6 is 12.6 Å². The molecule has 0 bridgehead atoms. The van der Waals surface area contributed by atoms with Gasteiger partial charge in [0.25, 0.3) is 5.91 Å². The van der Waals surface area contributed by atoms with E-state index in [1.807, 2.05) is 61.5 Å². The smallest absolute Gasteiger partial charge is 0.338 e. The number of thiol groups is 1. The fourth-order valence-corrected chi connectivity index (χ4v) is 5.98. The highest BCUT2D eigenvalue weighted by molar-refractivity contribution is 7.80. The third kappa shape index (κ3) is 7.88. The van der Waals surface area contributed by atoms with E-state index in [2.05, 4.69) is 72.8 Å². The minimum Gasteiger partial charge on any atom is -0.462 e. The first-order valence-corrected chi connectivity index (χ1v) is 16.9. The van der Waals surface area contributed by atoms with Crippen LogP contribution < -0.4 is 5.32 Å². The number of aryl methyl sites for hydroxylation is 2. The van der Waals surface area contributed by atoms with Crippen LogP contribution in [-0.2, 0) is 24.1 Å². The van der Waals surface area contributed by atoms with Crippen LogP contribution in [0.3, 0.4) is 0 Å². The van der Waals surface area contributed by atoms with Crippen LogP contribution in [-0.4, -0.2) is 39.8 Å². The SMILES string of the molecule is CCCCOC(=O)c1ccccc1-c1ccc(Cn2c(CCC)nc3c(C)cc(C(=O)N[C@@H](CS)Cc4ccccc4)cc32)cc1. The molecule has 1 atom stereocenters. The van der Waals surface area contributed by atoms with Gasteiger partial charge >= 0.3 is 5.97 Å². The van der Waals surface area contributed by atoms with Crippen LogP contribution in [0.4, 0.5) is 0 Å². The monoisotopic (exact) mass is 633 g/mol. The Morgan fingerprint density at radius 2 is 1.65 bits per heavy atom. The molecule has 5 aromatic rings. The molecular weight excluding hydrogens is 591 g/mol. The summed E-state index contributed by atoms with van der Waals surface area (Å²) in [5.41, 5.74) is 8.11. The van der Waals surface area contributed by atoms with Crippen molar-refractivity contribution in [2.45, 2.75) is 65.5 Å². The minimum absolute atomic E-state index is 0.0864. The lowest BCUT2D eigenvalue weighted by Gasteiger charge is -2.17. The van der Waals surface area contributed by atoms with Crippen LogP contribution in [0.5, 0.6) is 0 Å². The molecule has 1 amide bonds. The minimum atomic E-state index is -0.293. The van der Waals surface area contributed by atoms with E-state index in [0.29, 0.717) is 30.0 Å². The van der Waals surface area contributed by atoms with Gasteiger partial charge in [0.2, 0.25) is 0 Å². The zero-order valence-corrected chi connectivity index (χ0v) is 27.9. The van der Waals surface area contributed by atoms with Crippen molar-refractivity contribution in [3.8, 4) is 11.1 Å². The third-order valence-corrected chi connectivity index (χ3v) is 8.66. The summed E-state index contributed by atoms with van der Waals surface area (Å²) in [7, 11) is 0. The summed E-state index contributed by atoms with van der Waals surface area (Å²) in [5.74, 6) is 1.14. The number of hydrogen-bond acceptors (Lipinski definition) is 5. The molecule has 6 nitrogen and oxygen atoms in total. The van der Waals surface area contributed by atoms with Crippen molar-refractivity contribution < 1.29 is 14.3 Å². The molecule has 4 aromatic carbocycles. The van der Waals surface area contributed by atoms with E-state index in [1.165, 1.54) is 0 Å². The average molecular weight is 634 g/mol. The van der Waals surface area contributed by atoms with Crippen molar-refractivity contribution in [3.05, 3.63) is 125 Å². The lowest BCUT2D eigenvalue weighted by Crippen LogP contribution is -2.37. The zero-order chi connectivity index (χ0) is 32.5. The number of hydrogen-bond donors (Lipinski definition) is 2. The Balaban J connectivity index is 1.40. The molecule has 0 unspecified atom stereocenters. The van der Waals surface area contributed by atoms with Gasteiger partial charge in [-0.3, -0.25) is 4.79 Å². The van der Waals surface area contributed by atoms with Crippen molar-refractivity contribution in [2.75, 3.05) is 12.4 Å². The number of nitrogens with zero attached hydrogens (tertiary/aromatic N) is 2. The molecule has 0 radical (unpaired) electrons. The fraction of sp³-hybridized carbons (Fsp3) is 0.308. The maximum Gasteiger partial charge on any atom is 0.338 e. The van der Waals surface area contributed by atoms with Crippen LogP contribution in [0.25, 0.3) is 22.2 Å². The molecule has 1 aromatic heterocycles. The van der Waals surface area contributed by atoms with E-state index in [1.54, 1.807) is 0 Å². The first kappa shape index (κ1) is 33.0. The van der Waals surface area contributed by atoms with E-state index in [-0.39, 0.29) is 17.9 Å². The van der Waals surface area contributed by atoms with Gasteiger partial charge < -0.3 is 14.6 Å². The standard InChI is InChI=1S/C39H43N3O3S/c1-4-6-21-45-39(44)34-16-11-10-15-33(34)30-19-17-29(18-20-30)25-42-35-24-31(22-27(3)37(35)41-36(42)12-5-2)38(43)40-32(26-46)23-28-13-8-7-9-14-28/h7-11,13-20,22,24,32,46H,4-6,12,21,23,25-26H2,1-3H3,(H,40,43)/t32-/m1/s1. The summed E-state index contributed by atoms with van der Waals surface area (Å²) < 4.78 is 7.74. The Bertz CT molecular complexity index is 1780. The van der Waals surface area contributed by atoms with E-state index >= 15 is 0 Å². The Morgan fingerprint density at radius 1 is 0.913 bits per heavy atom. The Labute approximate surface area is 277 Å². The van der Waals surface area contributed by atoms with Gasteiger partial charge in [-0.25, -0.2) is 9.78 Å². The number of rotatable bonds is 14. The molecule has 0 saturated heterocycles. The summed E-state index contributed by atoms with van der Waals surface area (Å²) in [6.07, 6.45) is 4.34. The summed E-state index contributed by atoms with van der Waals surface area (Å²) in [6.45, 7) is 7.29. The number of amides is 1. The van der Waals surface area contributed by atoms with Crippen molar-refractivity contribution in [2.24, 2.45) is 0 Å². The van der Waals surface area contributed by atoms with Crippen LogP contribution in [0, 0.1) is 6.92 Å². The highest BCUT2D eigenvalue weighted by Crippen LogP contribution is 2.27. The summed E-state index contributed by atoms with van der Waals surface area (Å²) >= 11 is 4.52. The summed E-state index contributed by atoms with van der Waals surface area (Å²) in [6, 6.07) is 29.9. The van der Waals surface area contributed by atoms with E-state index in [4.69, 9.17) is 9.72 Å². The number of benzene rings is 4. The average Bonchev–Trinajstić information content (AvgIpc) is 3.42. The maximum absolute atomic E-state index is 13.5. The second-order valence-corrected chi connectivity index (χ2v) is 12.2. The number of carbonyl (C=O) groups is 2. The molecule has 0 aliphatic carbocycles. The molecule has 46 heavy (non-hydrogen) atoms. The Kier molecular flexibility index (Phi) is 11.3. The summed E-state index contributed by atoms with van der Waals surface area (Å²) in [5, 5.41) is 3.19. The van der Waals surface area contributed by atoms with Crippen LogP contribution in [0.1, 0.15) is 76.3 Å². The molecule has 0 aliphatic rings. The number of esters is 1. The van der Waals surface area contributed by atoms with Gasteiger partial charge in [0.05, 0.1) is 23.2 Å². The van der Waals surface area contributed by atoms with Gasteiger partial charge in [0.15, 0.2) is 0 Å². The number of fused-ring (bicyclic) bond motifs is 1. The highest BCUT2D eigenvalue weighted by atomic mass is 32.1. The number of nitrogens with one attached hydrogen (secondary N) is 1. The molecule has 0 spiro atoms. The number of carbonyl (C=O) groups excluding carboxylic acids is 2. The van der Waals surface area contributed by atoms with Crippen molar-refractivity contribution in [1.82, 2.24) is 14.9 Å². The molecule has 5 rings (SSSR count). The molecule has 0 fully saturated rings. The molecule has 0 aliphatic heterocycles. The quantitative estimate of drug-likeness (QED) is 0.0734. The van der Waals surface area contributed by atoms with E-state index in [9.17, 15) is 9.59 Å². The highest BCUT2D eigenvalue weighted by Gasteiger charge is 2.19. The molecular formula is C39H43N3O3S. The second-order valence-electron chi connectivity index (χ2n) is 11.8. The lowest BCUT2D eigenvalue weighted by molar-refractivity contribution is 0.0500. The summed E-state index contributed by atoms with van der Waals surface area (Å²) in [4.78, 5) is 31.4. The van der Waals surface area contributed by atoms with E-state index in [0.717, 1.165) is 76.8 Å². The van der Waals surface area contributed by atoms with Gasteiger partial charge in [-0.05, 0) is 72.2 Å². The number of imidazole rings is 1. The van der Waals surface area contributed by atoms with Crippen molar-refractivity contribution in [1.29, 1.82) is 0 Å². The fourth-order valence-electron chi connectivity index (χ4n) is 5.76. The number of aromatic nitrogens is 2. The molecule has 1 N–H and O–H groups in total. The molecule has 0 saturated carbocycles. The topological polar surface area (TPSA) is 73.2 Å².